The van der Waals surface area contributed by atoms with E-state index in [-0.39, 0.29) is 6.98 Å². The van der Waals surface area contributed by atoms with E-state index >= 15 is 0 Å². The fourth-order valence-corrected chi connectivity index (χ4v) is 3.78. The first-order chi connectivity index (χ1) is 11.3. The van der Waals surface area contributed by atoms with E-state index in [1.807, 2.05) is 0 Å². The summed E-state index contributed by atoms with van der Waals surface area (Å²) in [6.45, 7) is 2.29. The minimum atomic E-state index is 0.121. The summed E-state index contributed by atoms with van der Waals surface area (Å²) >= 11 is 0. The molecule has 0 aromatic heterocycles. The van der Waals surface area contributed by atoms with Crippen LogP contribution in [-0.4, -0.2) is 6.98 Å². The summed E-state index contributed by atoms with van der Waals surface area (Å²) < 4.78 is 0. The number of anilines is 2. The molecule has 1 fully saturated rings. The average molecular weight is 302 g/mol. The second-order valence-corrected chi connectivity index (χ2v) is 6.82. The van der Waals surface area contributed by atoms with E-state index in [1.54, 1.807) is 0 Å². The molecule has 3 heteroatoms. The van der Waals surface area contributed by atoms with Gasteiger partial charge in [0.25, 0.3) is 0 Å². The van der Waals surface area contributed by atoms with Crippen LogP contribution in [0.25, 0.3) is 10.8 Å². The molecule has 1 heterocycles. The van der Waals surface area contributed by atoms with E-state index in [0.717, 1.165) is 5.92 Å². The fourth-order valence-electron chi connectivity index (χ4n) is 3.78. The highest BCUT2D eigenvalue weighted by Crippen LogP contribution is 2.34. The van der Waals surface area contributed by atoms with Gasteiger partial charge < -0.3 is 10.5 Å². The minimum absolute atomic E-state index is 0.121. The molecule has 1 aliphatic carbocycles. The Kier molecular flexibility index (Phi) is 3.89. The Morgan fingerprint density at radius 2 is 1.70 bits per heavy atom. The molecule has 0 atom stereocenters. The summed E-state index contributed by atoms with van der Waals surface area (Å²) in [7, 11) is 0. The second-order valence-electron chi connectivity index (χ2n) is 6.82. The van der Waals surface area contributed by atoms with Gasteiger partial charge in [0.05, 0.1) is 0 Å². The second kappa shape index (κ2) is 6.18. The van der Waals surface area contributed by atoms with Crippen molar-refractivity contribution in [3.8, 4) is 0 Å². The van der Waals surface area contributed by atoms with E-state index in [0.29, 0.717) is 0 Å². The number of benzene rings is 2. The first-order valence-electron chi connectivity index (χ1n) is 8.79. The van der Waals surface area contributed by atoms with E-state index in [2.05, 4.69) is 65.6 Å². The molecule has 23 heavy (non-hydrogen) atoms. The van der Waals surface area contributed by atoms with E-state index in [4.69, 9.17) is 0 Å². The van der Waals surface area contributed by atoms with Gasteiger partial charge in [-0.1, -0.05) is 43.5 Å². The lowest BCUT2D eigenvalue weighted by molar-refractivity contribution is 0.419. The predicted molar refractivity (Wildman–Crippen MR) is 101 cm³/mol. The van der Waals surface area contributed by atoms with Gasteiger partial charge in [-0.15, -0.1) is 5.73 Å². The first kappa shape index (κ1) is 14.5. The molecule has 4 rings (SSSR count). The summed E-state index contributed by atoms with van der Waals surface area (Å²) in [4.78, 5) is 0. The van der Waals surface area contributed by atoms with Crippen LogP contribution in [0, 0.1) is 5.92 Å². The highest BCUT2D eigenvalue weighted by Gasteiger charge is 2.24. The normalized spacial score (nSPS) is 17.2. The molecule has 0 bridgehead atoms. The molecule has 2 aromatic rings. The smallest absolute Gasteiger partial charge is 0.405 e. The molecule has 0 spiro atoms. The van der Waals surface area contributed by atoms with E-state index < -0.39 is 0 Å². The molecular formula is C20H23BN2. The molecule has 1 saturated carbocycles. The lowest BCUT2D eigenvalue weighted by Crippen LogP contribution is -2.38. The van der Waals surface area contributed by atoms with Crippen LogP contribution in [-0.2, 0) is 0 Å². The van der Waals surface area contributed by atoms with Gasteiger partial charge in [0.1, 0.15) is 0 Å². The molecular weight excluding hydrogens is 279 g/mol. The van der Waals surface area contributed by atoms with Crippen LogP contribution in [0.2, 0.25) is 0 Å². The monoisotopic (exact) mass is 302 g/mol. The molecule has 0 saturated heterocycles. The predicted octanol–water partition coefficient (Wildman–Crippen LogP) is 5.39. The number of hydrogen-bond donors (Lipinski definition) is 2. The van der Waals surface area contributed by atoms with Crippen molar-refractivity contribution in [2.24, 2.45) is 5.92 Å². The Balaban J connectivity index is 1.61. The van der Waals surface area contributed by atoms with Gasteiger partial charge in [0, 0.05) is 16.8 Å². The molecule has 2 nitrogen and oxygen atoms in total. The van der Waals surface area contributed by atoms with Gasteiger partial charge in [-0.3, -0.25) is 0 Å². The fraction of sp³-hybridized carbons (Fsp3) is 0.350. The lowest BCUT2D eigenvalue weighted by atomic mass is 9.66. The Morgan fingerprint density at radius 3 is 2.35 bits per heavy atom. The largest absolute Gasteiger partial charge is 0.409 e. The Labute approximate surface area is 138 Å². The van der Waals surface area contributed by atoms with Gasteiger partial charge in [0.2, 0.25) is 0 Å². The van der Waals surface area contributed by atoms with Crippen molar-refractivity contribution < 1.29 is 0 Å². The molecule has 2 N–H and O–H groups in total. The van der Waals surface area contributed by atoms with Crippen molar-refractivity contribution in [3.05, 3.63) is 53.7 Å². The maximum Gasteiger partial charge on any atom is 0.409 e. The minimum Gasteiger partial charge on any atom is -0.405 e. The molecule has 1 aliphatic heterocycles. The highest BCUT2D eigenvalue weighted by atomic mass is 15.0. The summed E-state index contributed by atoms with van der Waals surface area (Å²) in [6.07, 6.45) is 9.11. The van der Waals surface area contributed by atoms with Crippen molar-refractivity contribution in [3.63, 3.8) is 0 Å². The summed E-state index contributed by atoms with van der Waals surface area (Å²) in [5.41, 5.74) is 7.19. The molecule has 0 amide bonds. The lowest BCUT2D eigenvalue weighted by Gasteiger charge is -2.26. The quantitative estimate of drug-likeness (QED) is 0.574. The highest BCUT2D eigenvalue weighted by molar-refractivity contribution is 6.74. The zero-order valence-electron chi connectivity index (χ0n) is 13.7. The molecule has 0 unspecified atom stereocenters. The van der Waals surface area contributed by atoms with Gasteiger partial charge >= 0.3 is 6.98 Å². The zero-order chi connectivity index (χ0) is 15.6. The maximum absolute atomic E-state index is 3.62. The standard InChI is InChI=1S/C20H23BN2/c1-15(13-14-16-7-3-2-4-8-16)21-22-18-11-5-9-17-10-6-12-19(23-21)20(17)18/h5-6,9-12,14,16,22-23H,2-4,7-8H2,1H3. The van der Waals surface area contributed by atoms with Crippen LogP contribution < -0.4 is 10.5 Å². The first-order valence-corrected chi connectivity index (χ1v) is 8.79. The van der Waals surface area contributed by atoms with Gasteiger partial charge in [-0.25, -0.2) is 0 Å². The molecule has 0 radical (unpaired) electrons. The molecule has 116 valence electrons. The Hall–Kier alpha value is -2.12. The maximum atomic E-state index is 3.62. The third-order valence-corrected chi connectivity index (χ3v) is 5.13. The average Bonchev–Trinajstić information content (AvgIpc) is 2.61. The third-order valence-electron chi connectivity index (χ3n) is 5.13. The van der Waals surface area contributed by atoms with Crippen molar-refractivity contribution in [2.45, 2.75) is 39.0 Å². The number of allylic oxidation sites excluding steroid dienone is 1. The molecule has 2 aliphatic rings. The Bertz CT molecular complexity index is 743. The number of nitrogens with one attached hydrogen (secondary N) is 2. The van der Waals surface area contributed by atoms with Crippen LogP contribution >= 0.6 is 0 Å². The van der Waals surface area contributed by atoms with Crippen LogP contribution in [0.1, 0.15) is 39.0 Å². The van der Waals surface area contributed by atoms with E-state index in [9.17, 15) is 0 Å². The summed E-state index contributed by atoms with van der Waals surface area (Å²) in [5.74, 6) is 0.720. The summed E-state index contributed by atoms with van der Waals surface area (Å²) in [6, 6.07) is 12.9. The van der Waals surface area contributed by atoms with Gasteiger partial charge in [-0.2, -0.15) is 0 Å². The molecule has 2 aromatic carbocycles. The van der Waals surface area contributed by atoms with Crippen molar-refractivity contribution in [1.82, 2.24) is 0 Å². The Morgan fingerprint density at radius 1 is 1.04 bits per heavy atom. The van der Waals surface area contributed by atoms with Crippen LogP contribution in [0.15, 0.2) is 53.7 Å². The van der Waals surface area contributed by atoms with Gasteiger partial charge in [-0.05, 0) is 54.8 Å². The van der Waals surface area contributed by atoms with Crippen molar-refractivity contribution in [1.29, 1.82) is 0 Å². The number of rotatable bonds is 2. The van der Waals surface area contributed by atoms with Crippen LogP contribution in [0.4, 0.5) is 11.4 Å². The SMILES string of the molecule is CC(=C=CC1CCCCC1)B1Nc2cccc3cccc(c23)N1. The van der Waals surface area contributed by atoms with Gasteiger partial charge in [0.15, 0.2) is 0 Å². The summed E-state index contributed by atoms with van der Waals surface area (Å²) in [5, 5.41) is 9.80. The van der Waals surface area contributed by atoms with Crippen LogP contribution in [0.5, 0.6) is 0 Å². The van der Waals surface area contributed by atoms with Crippen LogP contribution in [0.3, 0.4) is 0 Å². The third kappa shape index (κ3) is 2.89. The van der Waals surface area contributed by atoms with E-state index in [1.165, 1.54) is 59.7 Å². The van der Waals surface area contributed by atoms with Crippen molar-refractivity contribution in [2.75, 3.05) is 10.5 Å². The zero-order valence-corrected chi connectivity index (χ0v) is 13.7. The van der Waals surface area contributed by atoms with Crippen molar-refractivity contribution >= 4 is 29.1 Å². The number of hydrogen-bond acceptors (Lipinski definition) is 2. The topological polar surface area (TPSA) is 24.1 Å².